The highest BCUT2D eigenvalue weighted by molar-refractivity contribution is 9.10. The first-order valence-electron chi connectivity index (χ1n) is 6.09. The number of halogens is 1. The van der Waals surface area contributed by atoms with Crippen molar-refractivity contribution >= 4 is 27.5 Å². The van der Waals surface area contributed by atoms with E-state index in [0.717, 1.165) is 11.3 Å². The average molecular weight is 319 g/mol. The van der Waals surface area contributed by atoms with Crippen LogP contribution in [-0.4, -0.2) is 10.9 Å². The molecule has 0 saturated heterocycles. The van der Waals surface area contributed by atoms with Gasteiger partial charge in [-0.3, -0.25) is 4.79 Å². The number of hydrogen-bond acceptors (Lipinski definition) is 2. The fourth-order valence-corrected chi connectivity index (χ4v) is 2.05. The summed E-state index contributed by atoms with van der Waals surface area (Å²) in [5.41, 5.74) is 2.52. The number of anilines is 1. The number of hydrogen-bond donors (Lipinski definition) is 1. The molecule has 1 amide bonds. The van der Waals surface area contributed by atoms with Crippen molar-refractivity contribution in [3.63, 3.8) is 0 Å². The number of amides is 1. The second-order valence-electron chi connectivity index (χ2n) is 4.57. The van der Waals surface area contributed by atoms with Gasteiger partial charge in [-0.05, 0) is 45.6 Å². The van der Waals surface area contributed by atoms with Gasteiger partial charge in [0.1, 0.15) is 4.60 Å². The van der Waals surface area contributed by atoms with E-state index in [-0.39, 0.29) is 5.91 Å². The lowest BCUT2D eigenvalue weighted by molar-refractivity contribution is 0.102. The summed E-state index contributed by atoms with van der Waals surface area (Å²) in [7, 11) is 0. The van der Waals surface area contributed by atoms with Crippen LogP contribution < -0.4 is 5.32 Å². The molecule has 19 heavy (non-hydrogen) atoms. The van der Waals surface area contributed by atoms with Crippen LogP contribution in [0.5, 0.6) is 0 Å². The predicted octanol–water partition coefficient (Wildman–Crippen LogP) is 4.22. The lowest BCUT2D eigenvalue weighted by atomic mass is 10.0. The highest BCUT2D eigenvalue weighted by atomic mass is 79.9. The average Bonchev–Trinajstić information content (AvgIpc) is 2.39. The Bertz CT molecular complexity index is 579. The normalized spacial score (nSPS) is 10.5. The topological polar surface area (TPSA) is 42.0 Å². The van der Waals surface area contributed by atoms with Gasteiger partial charge in [-0.1, -0.05) is 32.0 Å². The van der Waals surface area contributed by atoms with E-state index in [1.54, 1.807) is 18.3 Å². The van der Waals surface area contributed by atoms with Gasteiger partial charge in [0.25, 0.3) is 5.91 Å². The van der Waals surface area contributed by atoms with E-state index in [9.17, 15) is 4.79 Å². The van der Waals surface area contributed by atoms with Gasteiger partial charge in [0.15, 0.2) is 0 Å². The minimum absolute atomic E-state index is 0.145. The third-order valence-corrected chi connectivity index (χ3v) is 3.29. The Hall–Kier alpha value is -1.68. The number of carbonyl (C=O) groups excluding carboxylic acids is 1. The Kier molecular flexibility index (Phi) is 4.32. The number of rotatable bonds is 3. The highest BCUT2D eigenvalue weighted by Gasteiger charge is 2.10. The maximum absolute atomic E-state index is 12.1. The Morgan fingerprint density at radius 3 is 2.58 bits per heavy atom. The minimum atomic E-state index is -0.145. The van der Waals surface area contributed by atoms with Crippen molar-refractivity contribution in [2.24, 2.45) is 0 Å². The minimum Gasteiger partial charge on any atom is -0.322 e. The summed E-state index contributed by atoms with van der Waals surface area (Å²) >= 11 is 3.25. The number of para-hydroxylation sites is 1. The van der Waals surface area contributed by atoms with Crippen LogP contribution in [0.1, 0.15) is 35.7 Å². The molecule has 2 aromatic rings. The van der Waals surface area contributed by atoms with Gasteiger partial charge in [0.2, 0.25) is 0 Å². The number of nitrogens with zero attached hydrogens (tertiary/aromatic N) is 1. The molecule has 0 spiro atoms. The largest absolute Gasteiger partial charge is 0.322 e. The molecule has 0 saturated carbocycles. The van der Waals surface area contributed by atoms with Crippen LogP contribution in [0.2, 0.25) is 0 Å². The van der Waals surface area contributed by atoms with E-state index in [1.165, 1.54) is 0 Å². The summed E-state index contributed by atoms with van der Waals surface area (Å²) in [6.07, 6.45) is 1.55. The molecule has 0 bridgehead atoms. The molecular formula is C15H15BrN2O. The summed E-state index contributed by atoms with van der Waals surface area (Å²) in [4.78, 5) is 16.2. The molecule has 98 valence electrons. The van der Waals surface area contributed by atoms with E-state index in [4.69, 9.17) is 0 Å². The van der Waals surface area contributed by atoms with Crippen molar-refractivity contribution in [3.05, 3.63) is 58.3 Å². The fourth-order valence-electron chi connectivity index (χ4n) is 1.82. The van der Waals surface area contributed by atoms with Crippen molar-refractivity contribution in [3.8, 4) is 0 Å². The van der Waals surface area contributed by atoms with E-state index < -0.39 is 0 Å². The summed E-state index contributed by atoms with van der Waals surface area (Å²) < 4.78 is 0.714. The molecule has 0 fully saturated rings. The maximum atomic E-state index is 12.1. The molecule has 0 radical (unpaired) electrons. The molecule has 1 heterocycles. The molecule has 3 nitrogen and oxygen atoms in total. The number of aromatic nitrogens is 1. The smallest absolute Gasteiger partial charge is 0.257 e. The van der Waals surface area contributed by atoms with Crippen LogP contribution in [0.15, 0.2) is 47.2 Å². The molecule has 0 atom stereocenters. The van der Waals surface area contributed by atoms with E-state index in [0.29, 0.717) is 16.1 Å². The van der Waals surface area contributed by atoms with E-state index in [1.807, 2.05) is 24.3 Å². The number of nitrogens with one attached hydrogen (secondary N) is 1. The monoisotopic (exact) mass is 318 g/mol. The summed E-state index contributed by atoms with van der Waals surface area (Å²) in [5, 5.41) is 2.93. The Morgan fingerprint density at radius 1 is 1.21 bits per heavy atom. The number of pyridine rings is 1. The van der Waals surface area contributed by atoms with Crippen molar-refractivity contribution in [1.82, 2.24) is 4.98 Å². The van der Waals surface area contributed by atoms with E-state index in [2.05, 4.69) is 40.1 Å². The van der Waals surface area contributed by atoms with Crippen LogP contribution in [0, 0.1) is 0 Å². The van der Waals surface area contributed by atoms with E-state index >= 15 is 0 Å². The zero-order valence-corrected chi connectivity index (χ0v) is 12.4. The summed E-state index contributed by atoms with van der Waals surface area (Å²) in [6, 6.07) is 11.3. The second-order valence-corrected chi connectivity index (χ2v) is 5.38. The van der Waals surface area contributed by atoms with Crippen molar-refractivity contribution in [1.29, 1.82) is 0 Å². The quantitative estimate of drug-likeness (QED) is 0.861. The van der Waals surface area contributed by atoms with Gasteiger partial charge >= 0.3 is 0 Å². The first-order valence-corrected chi connectivity index (χ1v) is 6.89. The third-order valence-electron chi connectivity index (χ3n) is 2.82. The zero-order chi connectivity index (χ0) is 13.8. The number of carbonyl (C=O) groups is 1. The molecule has 0 aliphatic carbocycles. The lowest BCUT2D eigenvalue weighted by Crippen LogP contribution is -2.13. The molecule has 0 aliphatic heterocycles. The predicted molar refractivity (Wildman–Crippen MR) is 80.4 cm³/mol. The maximum Gasteiger partial charge on any atom is 0.257 e. The van der Waals surface area contributed by atoms with Crippen molar-refractivity contribution in [2.75, 3.05) is 5.32 Å². The van der Waals surface area contributed by atoms with Gasteiger partial charge in [0.05, 0.1) is 5.56 Å². The second kappa shape index (κ2) is 5.97. The Labute approximate surface area is 121 Å². The standard InChI is InChI=1S/C15H15BrN2O/c1-10(2)12-5-3-4-6-13(12)18-15(19)11-7-8-14(16)17-9-11/h3-10H,1-2H3,(H,18,19). The van der Waals surface area contributed by atoms with Crippen LogP contribution >= 0.6 is 15.9 Å². The molecule has 2 rings (SSSR count). The Balaban J connectivity index is 2.22. The third kappa shape index (κ3) is 3.41. The van der Waals surface area contributed by atoms with Crippen LogP contribution in [0.25, 0.3) is 0 Å². The van der Waals surface area contributed by atoms with Crippen LogP contribution in [0.4, 0.5) is 5.69 Å². The Morgan fingerprint density at radius 2 is 1.95 bits per heavy atom. The summed E-state index contributed by atoms with van der Waals surface area (Å²) in [6.45, 7) is 4.21. The molecule has 1 N–H and O–H groups in total. The highest BCUT2D eigenvalue weighted by Crippen LogP contribution is 2.24. The molecular weight excluding hydrogens is 304 g/mol. The van der Waals surface area contributed by atoms with Gasteiger partial charge in [-0.25, -0.2) is 4.98 Å². The molecule has 1 aromatic carbocycles. The zero-order valence-electron chi connectivity index (χ0n) is 10.9. The first-order chi connectivity index (χ1) is 9.08. The van der Waals surface area contributed by atoms with Crippen LogP contribution in [0.3, 0.4) is 0 Å². The van der Waals surface area contributed by atoms with Crippen molar-refractivity contribution in [2.45, 2.75) is 19.8 Å². The summed E-state index contributed by atoms with van der Waals surface area (Å²) in [5.74, 6) is 0.215. The van der Waals surface area contributed by atoms with Gasteiger partial charge in [0, 0.05) is 11.9 Å². The lowest BCUT2D eigenvalue weighted by Gasteiger charge is -2.13. The van der Waals surface area contributed by atoms with Gasteiger partial charge in [-0.2, -0.15) is 0 Å². The van der Waals surface area contributed by atoms with Gasteiger partial charge in [-0.15, -0.1) is 0 Å². The molecule has 0 aliphatic rings. The van der Waals surface area contributed by atoms with Crippen molar-refractivity contribution < 1.29 is 4.79 Å². The first kappa shape index (κ1) is 13.7. The molecule has 0 unspecified atom stereocenters. The van der Waals surface area contributed by atoms with Gasteiger partial charge < -0.3 is 5.32 Å². The SMILES string of the molecule is CC(C)c1ccccc1NC(=O)c1ccc(Br)nc1. The molecule has 4 heteroatoms. The molecule has 1 aromatic heterocycles. The number of benzene rings is 1. The fraction of sp³-hybridized carbons (Fsp3) is 0.200. The van der Waals surface area contributed by atoms with Crippen LogP contribution in [-0.2, 0) is 0 Å².